The van der Waals surface area contributed by atoms with E-state index in [0.29, 0.717) is 11.1 Å². The maximum absolute atomic E-state index is 14.3. The molecule has 46 heavy (non-hydrogen) atoms. The number of nitrogens with zero attached hydrogens (tertiary/aromatic N) is 1. The van der Waals surface area contributed by atoms with Gasteiger partial charge >= 0.3 is 0 Å². The molecule has 3 aromatic rings. The molecule has 0 spiro atoms. The second-order valence-corrected chi connectivity index (χ2v) is 16.6. The highest BCUT2D eigenvalue weighted by Crippen LogP contribution is 2.48. The maximum Gasteiger partial charge on any atom is 0.165 e. The maximum atomic E-state index is 14.3. The molecule has 0 bridgehead atoms. The van der Waals surface area contributed by atoms with Crippen molar-refractivity contribution < 1.29 is 24.1 Å². The summed E-state index contributed by atoms with van der Waals surface area (Å²) in [7, 11) is 3.39. The zero-order valence-electron chi connectivity index (χ0n) is 30.7. The van der Waals surface area contributed by atoms with Gasteiger partial charge in [-0.1, -0.05) is 89.2 Å². The van der Waals surface area contributed by atoms with Crippen LogP contribution in [0.1, 0.15) is 129 Å². The van der Waals surface area contributed by atoms with E-state index >= 15 is 0 Å². The van der Waals surface area contributed by atoms with Gasteiger partial charge in [0, 0.05) is 34.0 Å². The SMILES string of the molecule is COc1c(C(C)(C)C)cc(C(O)(c2cc(C(C)(C)C)c(OC)c(C(C)(C)C)c2)C(C)N=Cc2cccc(F)c2O)cc1C(C)(C)C. The Balaban J connectivity index is 2.57. The van der Waals surface area contributed by atoms with Crippen molar-refractivity contribution >= 4 is 6.21 Å². The highest BCUT2D eigenvalue weighted by molar-refractivity contribution is 5.83. The summed E-state index contributed by atoms with van der Waals surface area (Å²) in [5, 5.41) is 23.8. The number of rotatable bonds is 7. The van der Waals surface area contributed by atoms with Crippen LogP contribution in [-0.2, 0) is 27.3 Å². The van der Waals surface area contributed by atoms with Gasteiger partial charge in [0.05, 0.1) is 20.3 Å². The van der Waals surface area contributed by atoms with Crippen LogP contribution in [0.3, 0.4) is 0 Å². The minimum atomic E-state index is -1.65. The molecule has 252 valence electrons. The van der Waals surface area contributed by atoms with Gasteiger partial charge < -0.3 is 19.7 Å². The minimum Gasteiger partial charge on any atom is -0.504 e. The van der Waals surface area contributed by atoms with Gasteiger partial charge in [-0.25, -0.2) is 4.39 Å². The zero-order chi connectivity index (χ0) is 35.2. The number of para-hydroxylation sites is 1. The number of aromatic hydroxyl groups is 1. The molecule has 0 aliphatic heterocycles. The molecule has 5 nitrogen and oxygen atoms in total. The summed E-state index contributed by atoms with van der Waals surface area (Å²) < 4.78 is 26.4. The lowest BCUT2D eigenvalue weighted by Gasteiger charge is -2.39. The summed E-state index contributed by atoms with van der Waals surface area (Å²) >= 11 is 0. The molecule has 0 aliphatic carbocycles. The number of ether oxygens (including phenoxy) is 2. The summed E-state index contributed by atoms with van der Waals surface area (Å²) in [6, 6.07) is 11.7. The van der Waals surface area contributed by atoms with Gasteiger partial charge in [-0.15, -0.1) is 0 Å². The van der Waals surface area contributed by atoms with E-state index in [4.69, 9.17) is 14.5 Å². The predicted molar refractivity (Wildman–Crippen MR) is 189 cm³/mol. The number of aliphatic hydroxyl groups is 1. The van der Waals surface area contributed by atoms with Crippen LogP contribution in [0.15, 0.2) is 47.5 Å². The number of phenolic OH excluding ortho intramolecular Hbond substituents is 1. The van der Waals surface area contributed by atoms with Gasteiger partial charge in [0.25, 0.3) is 0 Å². The largest absolute Gasteiger partial charge is 0.504 e. The Bertz CT molecular complexity index is 1440. The van der Waals surface area contributed by atoms with Crippen LogP contribution in [0, 0.1) is 5.82 Å². The van der Waals surface area contributed by atoms with Crippen LogP contribution in [-0.4, -0.2) is 36.7 Å². The van der Waals surface area contributed by atoms with Gasteiger partial charge in [-0.2, -0.15) is 0 Å². The van der Waals surface area contributed by atoms with E-state index in [1.807, 2.05) is 31.2 Å². The van der Waals surface area contributed by atoms with Crippen LogP contribution >= 0.6 is 0 Å². The molecule has 0 heterocycles. The Morgan fingerprint density at radius 1 is 0.674 bits per heavy atom. The molecule has 2 N–H and O–H groups in total. The fourth-order valence-electron chi connectivity index (χ4n) is 5.95. The Labute approximate surface area is 276 Å². The quantitative estimate of drug-likeness (QED) is 0.254. The molecule has 1 unspecified atom stereocenters. The average Bonchev–Trinajstić information content (AvgIpc) is 2.93. The number of hydrogen-bond donors (Lipinski definition) is 2. The third kappa shape index (κ3) is 7.27. The van der Waals surface area contributed by atoms with Gasteiger partial charge in [0.1, 0.15) is 17.1 Å². The zero-order valence-corrected chi connectivity index (χ0v) is 30.7. The number of hydrogen-bond acceptors (Lipinski definition) is 5. The summed E-state index contributed by atoms with van der Waals surface area (Å²) in [4.78, 5) is 4.81. The summed E-state index contributed by atoms with van der Waals surface area (Å²) in [6.45, 7) is 27.5. The molecule has 0 saturated heterocycles. The molecule has 0 aromatic heterocycles. The predicted octanol–water partition coefficient (Wildman–Crippen LogP) is 9.48. The molecule has 0 fully saturated rings. The van der Waals surface area contributed by atoms with E-state index < -0.39 is 23.2 Å². The van der Waals surface area contributed by atoms with E-state index in [2.05, 4.69) is 83.1 Å². The van der Waals surface area contributed by atoms with E-state index in [1.54, 1.807) is 20.3 Å². The van der Waals surface area contributed by atoms with E-state index in [1.165, 1.54) is 18.3 Å². The Morgan fingerprint density at radius 3 is 1.33 bits per heavy atom. The van der Waals surface area contributed by atoms with Gasteiger partial charge in [0.2, 0.25) is 0 Å². The first-order valence-corrected chi connectivity index (χ1v) is 16.1. The number of halogens is 1. The van der Waals surface area contributed by atoms with Crippen molar-refractivity contribution in [3.05, 3.63) is 87.2 Å². The minimum absolute atomic E-state index is 0.232. The lowest BCUT2D eigenvalue weighted by molar-refractivity contribution is 0.0582. The fourth-order valence-corrected chi connectivity index (χ4v) is 5.95. The fraction of sp³-hybridized carbons (Fsp3) is 0.525. The molecule has 0 amide bonds. The molecule has 0 saturated carbocycles. The molecular formula is C40H56FNO4. The van der Waals surface area contributed by atoms with Crippen molar-refractivity contribution in [3.8, 4) is 17.2 Å². The van der Waals surface area contributed by atoms with Crippen LogP contribution in [0.2, 0.25) is 0 Å². The van der Waals surface area contributed by atoms with Crippen molar-refractivity contribution in [2.45, 2.75) is 123 Å². The number of phenols is 1. The second-order valence-electron chi connectivity index (χ2n) is 16.6. The highest BCUT2D eigenvalue weighted by Gasteiger charge is 2.43. The molecule has 1 atom stereocenters. The van der Waals surface area contributed by atoms with Gasteiger partial charge in [-0.3, -0.25) is 4.99 Å². The second kappa shape index (κ2) is 12.7. The molecular weight excluding hydrogens is 577 g/mol. The lowest BCUT2D eigenvalue weighted by atomic mass is 9.71. The van der Waals surface area contributed by atoms with Crippen LogP contribution in [0.5, 0.6) is 17.2 Å². The third-order valence-electron chi connectivity index (χ3n) is 8.76. The normalized spacial score (nSPS) is 14.1. The van der Waals surface area contributed by atoms with E-state index in [-0.39, 0.29) is 27.2 Å². The Morgan fingerprint density at radius 2 is 1.02 bits per heavy atom. The van der Waals surface area contributed by atoms with E-state index in [9.17, 15) is 14.6 Å². The number of methoxy groups -OCH3 is 2. The first-order valence-electron chi connectivity index (χ1n) is 16.1. The van der Waals surface area contributed by atoms with Crippen LogP contribution in [0.25, 0.3) is 0 Å². The van der Waals surface area contributed by atoms with Gasteiger partial charge in [-0.05, 0) is 76.1 Å². The lowest BCUT2D eigenvalue weighted by Crippen LogP contribution is -2.39. The molecule has 3 aromatic carbocycles. The highest BCUT2D eigenvalue weighted by atomic mass is 19.1. The topological polar surface area (TPSA) is 71.3 Å². The van der Waals surface area contributed by atoms with E-state index in [0.717, 1.165) is 33.8 Å². The smallest absolute Gasteiger partial charge is 0.165 e. The Kier molecular flexibility index (Phi) is 10.2. The first-order chi connectivity index (χ1) is 20.9. The molecule has 0 aliphatic rings. The van der Waals surface area contributed by atoms with Crippen molar-refractivity contribution in [3.63, 3.8) is 0 Å². The number of benzene rings is 3. The molecule has 6 heteroatoms. The van der Waals surface area contributed by atoms with Gasteiger partial charge in [0.15, 0.2) is 11.6 Å². The monoisotopic (exact) mass is 633 g/mol. The standard InChI is InChI=1S/C40H56FNO4/c1-24(42-23-25-17-16-18-32(41)33(25)43)40(44,26-19-28(36(2,3)4)34(45-14)29(20-26)37(5,6)7)27-21-30(38(8,9)10)35(46-15)31(22-27)39(11,12)13/h16-24,43-44H,1-15H3. The number of aliphatic imine (C=N–C) groups is 1. The average molecular weight is 634 g/mol. The first kappa shape index (κ1) is 37.1. The Hall–Kier alpha value is -3.38. The summed E-state index contributed by atoms with van der Waals surface area (Å²) in [5.41, 5.74) is 2.54. The summed E-state index contributed by atoms with van der Waals surface area (Å²) in [5.74, 6) is 0.386. The molecule has 0 radical (unpaired) electrons. The van der Waals surface area contributed by atoms with Crippen molar-refractivity contribution in [1.29, 1.82) is 0 Å². The summed E-state index contributed by atoms with van der Waals surface area (Å²) in [6.07, 6.45) is 1.44. The third-order valence-corrected chi connectivity index (χ3v) is 8.76. The van der Waals surface area contributed by atoms with Crippen molar-refractivity contribution in [1.82, 2.24) is 0 Å². The van der Waals surface area contributed by atoms with Crippen molar-refractivity contribution in [2.75, 3.05) is 14.2 Å². The van der Waals surface area contributed by atoms with Crippen LogP contribution < -0.4 is 9.47 Å². The molecule has 3 rings (SSSR count). The van der Waals surface area contributed by atoms with Crippen LogP contribution in [0.4, 0.5) is 4.39 Å². The van der Waals surface area contributed by atoms with Crippen molar-refractivity contribution in [2.24, 2.45) is 4.99 Å².